The fourth-order valence-electron chi connectivity index (χ4n) is 2.90. The maximum Gasteiger partial charge on any atom is 0.157 e. The van der Waals surface area contributed by atoms with Crippen LogP contribution in [0.5, 0.6) is 5.75 Å². The van der Waals surface area contributed by atoms with E-state index in [0.29, 0.717) is 12.0 Å². The third-order valence-electron chi connectivity index (χ3n) is 4.05. The van der Waals surface area contributed by atoms with E-state index < -0.39 is 0 Å². The largest absolute Gasteiger partial charge is 0.490 e. The van der Waals surface area contributed by atoms with E-state index in [-0.39, 0.29) is 0 Å². The molecule has 3 rings (SSSR count). The zero-order valence-corrected chi connectivity index (χ0v) is 12.2. The molecule has 0 saturated carbocycles. The maximum atomic E-state index is 5.95. The van der Waals surface area contributed by atoms with Crippen molar-refractivity contribution in [2.24, 2.45) is 0 Å². The van der Waals surface area contributed by atoms with Crippen LogP contribution in [0.3, 0.4) is 0 Å². The highest BCUT2D eigenvalue weighted by atomic mass is 16.5. The Hall–Kier alpha value is -1.77. The van der Waals surface area contributed by atoms with Gasteiger partial charge in [-0.25, -0.2) is 0 Å². The molecule has 0 N–H and O–H groups in total. The zero-order chi connectivity index (χ0) is 13.9. The number of aromatic nitrogens is 2. The molecule has 0 bridgehead atoms. The minimum absolute atomic E-state index is 0.378. The highest BCUT2D eigenvalue weighted by Gasteiger charge is 2.20. The molecule has 2 aromatic rings. The minimum atomic E-state index is 0.378. The molecule has 3 nitrogen and oxygen atoms in total. The number of hydrogen-bond acceptors (Lipinski definition) is 2. The van der Waals surface area contributed by atoms with Gasteiger partial charge in [-0.2, -0.15) is 5.10 Å². The molecule has 1 aromatic heterocycles. The average Bonchev–Trinajstić information content (AvgIpc) is 2.94. The summed E-state index contributed by atoms with van der Waals surface area (Å²) in [4.78, 5) is 0. The number of nitrogens with zero attached hydrogens (tertiary/aromatic N) is 2. The number of rotatable bonds is 4. The fourth-order valence-corrected chi connectivity index (χ4v) is 2.90. The SMILES string of the molecule is CC(C)n1cc(OCC2CCCc3ccccc32)cn1. The lowest BCUT2D eigenvalue weighted by molar-refractivity contribution is 0.274. The Morgan fingerprint density at radius 3 is 3.00 bits per heavy atom. The lowest BCUT2D eigenvalue weighted by Gasteiger charge is -2.25. The van der Waals surface area contributed by atoms with Crippen molar-refractivity contribution in [1.82, 2.24) is 9.78 Å². The first-order chi connectivity index (χ1) is 9.74. The molecule has 1 aromatic carbocycles. The van der Waals surface area contributed by atoms with E-state index in [2.05, 4.69) is 43.2 Å². The summed E-state index contributed by atoms with van der Waals surface area (Å²) in [7, 11) is 0. The third kappa shape index (κ3) is 2.72. The van der Waals surface area contributed by atoms with Gasteiger partial charge in [0.1, 0.15) is 0 Å². The molecule has 1 aliphatic carbocycles. The molecule has 0 spiro atoms. The van der Waals surface area contributed by atoms with Crippen molar-refractivity contribution < 1.29 is 4.74 Å². The molecular formula is C17H22N2O. The van der Waals surface area contributed by atoms with Crippen molar-refractivity contribution in [2.75, 3.05) is 6.61 Å². The van der Waals surface area contributed by atoms with Crippen molar-refractivity contribution in [2.45, 2.75) is 45.1 Å². The number of benzene rings is 1. The van der Waals surface area contributed by atoms with Crippen LogP contribution in [0, 0.1) is 0 Å². The lowest BCUT2D eigenvalue weighted by Crippen LogP contribution is -2.16. The normalized spacial score (nSPS) is 18.1. The average molecular weight is 270 g/mol. The maximum absolute atomic E-state index is 5.95. The van der Waals surface area contributed by atoms with Crippen LogP contribution in [0.25, 0.3) is 0 Å². The summed E-state index contributed by atoms with van der Waals surface area (Å²) < 4.78 is 7.88. The number of fused-ring (bicyclic) bond motifs is 1. The predicted molar refractivity (Wildman–Crippen MR) is 80.2 cm³/mol. The summed E-state index contributed by atoms with van der Waals surface area (Å²) in [5, 5.41) is 4.32. The summed E-state index contributed by atoms with van der Waals surface area (Å²) in [5.74, 6) is 1.39. The number of ether oxygens (including phenoxy) is 1. The van der Waals surface area contributed by atoms with Crippen LogP contribution in [-0.4, -0.2) is 16.4 Å². The molecule has 0 radical (unpaired) electrons. The van der Waals surface area contributed by atoms with Gasteiger partial charge in [0.05, 0.1) is 19.0 Å². The van der Waals surface area contributed by atoms with Crippen LogP contribution < -0.4 is 4.74 Å². The van der Waals surface area contributed by atoms with Crippen LogP contribution in [0.1, 0.15) is 49.8 Å². The standard InChI is InChI=1S/C17H22N2O/c1-13(2)19-11-16(10-18-19)20-12-15-8-5-7-14-6-3-4-9-17(14)15/h3-4,6,9-11,13,15H,5,7-8,12H2,1-2H3. The second kappa shape index (κ2) is 5.70. The highest BCUT2D eigenvalue weighted by Crippen LogP contribution is 2.31. The molecule has 0 fully saturated rings. The topological polar surface area (TPSA) is 27.1 Å². The van der Waals surface area contributed by atoms with Gasteiger partial charge in [0.25, 0.3) is 0 Å². The van der Waals surface area contributed by atoms with E-state index >= 15 is 0 Å². The first kappa shape index (κ1) is 13.2. The summed E-state index contributed by atoms with van der Waals surface area (Å²) in [6, 6.07) is 9.14. The molecule has 1 heterocycles. The van der Waals surface area contributed by atoms with E-state index in [0.717, 1.165) is 12.4 Å². The molecule has 1 aliphatic rings. The molecule has 106 valence electrons. The summed E-state index contributed by atoms with van der Waals surface area (Å²) in [6.07, 6.45) is 7.48. The van der Waals surface area contributed by atoms with Gasteiger partial charge in [0.2, 0.25) is 0 Å². The van der Waals surface area contributed by atoms with Gasteiger partial charge < -0.3 is 4.74 Å². The van der Waals surface area contributed by atoms with Gasteiger partial charge in [-0.3, -0.25) is 4.68 Å². The molecule has 0 aliphatic heterocycles. The molecule has 20 heavy (non-hydrogen) atoms. The monoisotopic (exact) mass is 270 g/mol. The summed E-state index contributed by atoms with van der Waals surface area (Å²) in [5.41, 5.74) is 2.96. The van der Waals surface area contributed by atoms with E-state index in [1.54, 1.807) is 0 Å². The van der Waals surface area contributed by atoms with Gasteiger partial charge >= 0.3 is 0 Å². The smallest absolute Gasteiger partial charge is 0.157 e. The Labute approximate surface area is 120 Å². The van der Waals surface area contributed by atoms with Crippen molar-refractivity contribution in [3.63, 3.8) is 0 Å². The molecule has 1 unspecified atom stereocenters. The Balaban J connectivity index is 1.67. The van der Waals surface area contributed by atoms with Crippen LogP contribution >= 0.6 is 0 Å². The van der Waals surface area contributed by atoms with Crippen molar-refractivity contribution in [1.29, 1.82) is 0 Å². The molecular weight excluding hydrogens is 248 g/mol. The second-order valence-corrected chi connectivity index (χ2v) is 5.85. The highest BCUT2D eigenvalue weighted by molar-refractivity contribution is 5.32. The van der Waals surface area contributed by atoms with E-state index in [1.807, 2.05) is 17.1 Å². The Kier molecular flexibility index (Phi) is 3.77. The van der Waals surface area contributed by atoms with E-state index in [4.69, 9.17) is 4.74 Å². The van der Waals surface area contributed by atoms with Crippen molar-refractivity contribution >= 4 is 0 Å². The van der Waals surface area contributed by atoms with Gasteiger partial charge in [-0.05, 0) is 44.2 Å². The number of hydrogen-bond donors (Lipinski definition) is 0. The molecule has 3 heteroatoms. The Morgan fingerprint density at radius 2 is 2.20 bits per heavy atom. The van der Waals surface area contributed by atoms with Gasteiger partial charge in [0, 0.05) is 12.0 Å². The van der Waals surface area contributed by atoms with Crippen LogP contribution in [-0.2, 0) is 6.42 Å². The minimum Gasteiger partial charge on any atom is -0.490 e. The van der Waals surface area contributed by atoms with Crippen molar-refractivity contribution in [3.05, 3.63) is 47.8 Å². The van der Waals surface area contributed by atoms with Crippen molar-refractivity contribution in [3.8, 4) is 5.75 Å². The van der Waals surface area contributed by atoms with Gasteiger partial charge in [-0.15, -0.1) is 0 Å². The Bertz CT molecular complexity index is 574. The fraction of sp³-hybridized carbons (Fsp3) is 0.471. The summed E-state index contributed by atoms with van der Waals surface area (Å²) >= 11 is 0. The second-order valence-electron chi connectivity index (χ2n) is 5.85. The first-order valence-corrected chi connectivity index (χ1v) is 7.49. The molecule has 0 saturated heterocycles. The number of aryl methyl sites for hydroxylation is 1. The molecule has 0 amide bonds. The van der Waals surface area contributed by atoms with Gasteiger partial charge in [-0.1, -0.05) is 24.3 Å². The van der Waals surface area contributed by atoms with Crippen LogP contribution in [0.2, 0.25) is 0 Å². The summed E-state index contributed by atoms with van der Waals surface area (Å²) in [6.45, 7) is 4.99. The quantitative estimate of drug-likeness (QED) is 0.840. The van der Waals surface area contributed by atoms with E-state index in [1.165, 1.54) is 30.4 Å². The molecule has 1 atom stereocenters. The van der Waals surface area contributed by atoms with Crippen LogP contribution in [0.15, 0.2) is 36.7 Å². The first-order valence-electron chi connectivity index (χ1n) is 7.49. The Morgan fingerprint density at radius 1 is 1.35 bits per heavy atom. The lowest BCUT2D eigenvalue weighted by atomic mass is 9.83. The third-order valence-corrected chi connectivity index (χ3v) is 4.05. The zero-order valence-electron chi connectivity index (χ0n) is 12.2. The van der Waals surface area contributed by atoms with Gasteiger partial charge in [0.15, 0.2) is 5.75 Å². The van der Waals surface area contributed by atoms with E-state index in [9.17, 15) is 0 Å². The van der Waals surface area contributed by atoms with Crippen LogP contribution in [0.4, 0.5) is 0 Å². The predicted octanol–water partition coefficient (Wildman–Crippen LogP) is 3.96.